The molecule has 0 radical (unpaired) electrons. The first-order valence-corrected chi connectivity index (χ1v) is 6.60. The molecule has 2 rings (SSSR count). The molecule has 1 aliphatic carbocycles. The number of hydrogen-bond donors (Lipinski definition) is 1. The Balaban J connectivity index is 2.02. The first-order chi connectivity index (χ1) is 7.81. The molecule has 0 amide bonds. The Hall–Kier alpha value is -0.820. The Morgan fingerprint density at radius 3 is 2.38 bits per heavy atom. The molecular weight excluding hydrogens is 194 g/mol. The van der Waals surface area contributed by atoms with E-state index < -0.39 is 0 Å². The molecule has 0 aliphatic heterocycles. The van der Waals surface area contributed by atoms with Gasteiger partial charge in [0.1, 0.15) is 0 Å². The number of benzene rings is 1. The van der Waals surface area contributed by atoms with Crippen LogP contribution in [-0.2, 0) is 6.42 Å². The van der Waals surface area contributed by atoms with Crippen LogP contribution in [0.1, 0.15) is 49.7 Å². The van der Waals surface area contributed by atoms with Crippen molar-refractivity contribution in [2.75, 3.05) is 6.54 Å². The van der Waals surface area contributed by atoms with E-state index in [1.54, 1.807) is 0 Å². The van der Waals surface area contributed by atoms with Gasteiger partial charge in [0.05, 0.1) is 0 Å². The normalized spacial score (nSPS) is 18.9. The van der Waals surface area contributed by atoms with E-state index in [1.165, 1.54) is 36.8 Å². The summed E-state index contributed by atoms with van der Waals surface area (Å²) in [5.41, 5.74) is 8.43. The lowest BCUT2D eigenvalue weighted by Crippen LogP contribution is -2.06. The second-order valence-corrected chi connectivity index (χ2v) is 5.11. The molecule has 16 heavy (non-hydrogen) atoms. The lowest BCUT2D eigenvalue weighted by atomic mass is 9.86. The van der Waals surface area contributed by atoms with Gasteiger partial charge in [0, 0.05) is 0 Å². The first-order valence-electron chi connectivity index (χ1n) is 6.60. The van der Waals surface area contributed by atoms with Crippen molar-refractivity contribution in [3.8, 4) is 0 Å². The second kappa shape index (κ2) is 5.49. The summed E-state index contributed by atoms with van der Waals surface area (Å²) in [7, 11) is 0. The maximum absolute atomic E-state index is 5.56. The van der Waals surface area contributed by atoms with Crippen molar-refractivity contribution in [2.24, 2.45) is 11.7 Å². The number of nitrogens with two attached hydrogens (primary N) is 1. The van der Waals surface area contributed by atoms with Crippen molar-refractivity contribution in [3.63, 3.8) is 0 Å². The molecule has 1 saturated carbocycles. The van der Waals surface area contributed by atoms with Crippen LogP contribution in [0.3, 0.4) is 0 Å². The van der Waals surface area contributed by atoms with E-state index in [0.717, 1.165) is 24.8 Å². The largest absolute Gasteiger partial charge is 0.330 e. The van der Waals surface area contributed by atoms with E-state index in [-0.39, 0.29) is 0 Å². The van der Waals surface area contributed by atoms with Crippen LogP contribution < -0.4 is 5.73 Å². The average molecular weight is 217 g/mol. The quantitative estimate of drug-likeness (QED) is 0.821. The topological polar surface area (TPSA) is 26.0 Å². The molecule has 1 aromatic rings. The molecule has 1 unspecified atom stereocenters. The van der Waals surface area contributed by atoms with Gasteiger partial charge in [0.25, 0.3) is 0 Å². The van der Waals surface area contributed by atoms with Crippen molar-refractivity contribution >= 4 is 0 Å². The lowest BCUT2D eigenvalue weighted by molar-refractivity contribution is 0.461. The number of hydrogen-bond acceptors (Lipinski definition) is 1. The van der Waals surface area contributed by atoms with Crippen molar-refractivity contribution in [3.05, 3.63) is 35.4 Å². The zero-order valence-electron chi connectivity index (χ0n) is 10.3. The Morgan fingerprint density at radius 2 is 1.81 bits per heavy atom. The molecule has 0 heterocycles. The minimum absolute atomic E-state index is 0.731. The Labute approximate surface area is 99.0 Å². The highest BCUT2D eigenvalue weighted by atomic mass is 14.5. The van der Waals surface area contributed by atoms with Gasteiger partial charge in [-0.3, -0.25) is 0 Å². The van der Waals surface area contributed by atoms with Crippen LogP contribution in [0.5, 0.6) is 0 Å². The van der Waals surface area contributed by atoms with Gasteiger partial charge < -0.3 is 5.73 Å². The van der Waals surface area contributed by atoms with Gasteiger partial charge in [-0.05, 0) is 48.8 Å². The average Bonchev–Trinajstić information content (AvgIpc) is 2.83. The maximum Gasteiger partial charge on any atom is -0.00367 e. The van der Waals surface area contributed by atoms with Gasteiger partial charge in [0.2, 0.25) is 0 Å². The van der Waals surface area contributed by atoms with E-state index in [9.17, 15) is 0 Å². The molecule has 0 bridgehead atoms. The van der Waals surface area contributed by atoms with Gasteiger partial charge in [0.15, 0.2) is 0 Å². The van der Waals surface area contributed by atoms with E-state index in [2.05, 4.69) is 31.2 Å². The van der Waals surface area contributed by atoms with Crippen LogP contribution in [0.2, 0.25) is 0 Å². The smallest absolute Gasteiger partial charge is 0.00367 e. The number of rotatable bonds is 4. The summed E-state index contributed by atoms with van der Waals surface area (Å²) in [5.74, 6) is 1.65. The van der Waals surface area contributed by atoms with Crippen LogP contribution in [-0.4, -0.2) is 6.54 Å². The van der Waals surface area contributed by atoms with E-state index in [0.29, 0.717) is 0 Å². The molecule has 1 nitrogen and oxygen atoms in total. The van der Waals surface area contributed by atoms with Crippen LogP contribution in [0.4, 0.5) is 0 Å². The zero-order chi connectivity index (χ0) is 11.4. The molecule has 0 spiro atoms. The van der Waals surface area contributed by atoms with E-state index in [1.807, 2.05) is 0 Å². The fourth-order valence-corrected chi connectivity index (χ4v) is 2.88. The summed E-state index contributed by atoms with van der Waals surface area (Å²) >= 11 is 0. The van der Waals surface area contributed by atoms with Crippen molar-refractivity contribution < 1.29 is 0 Å². The third kappa shape index (κ3) is 2.65. The predicted molar refractivity (Wildman–Crippen MR) is 69.6 cm³/mol. The predicted octanol–water partition coefficient (Wildman–Crippen LogP) is 3.48. The van der Waals surface area contributed by atoms with Crippen LogP contribution in [0.15, 0.2) is 24.3 Å². The summed E-state index contributed by atoms with van der Waals surface area (Å²) in [6.45, 7) is 3.13. The maximum atomic E-state index is 5.56. The lowest BCUT2D eigenvalue weighted by Gasteiger charge is -2.19. The van der Waals surface area contributed by atoms with Crippen LogP contribution >= 0.6 is 0 Å². The third-order valence-electron chi connectivity index (χ3n) is 4.05. The SMILES string of the molecule is CC(c1ccc(CCN)cc1)C1CCCC1. The van der Waals surface area contributed by atoms with Crippen molar-refractivity contribution in [1.29, 1.82) is 0 Å². The van der Waals surface area contributed by atoms with Gasteiger partial charge in [-0.25, -0.2) is 0 Å². The molecule has 1 heteroatoms. The zero-order valence-corrected chi connectivity index (χ0v) is 10.3. The van der Waals surface area contributed by atoms with Crippen LogP contribution in [0.25, 0.3) is 0 Å². The van der Waals surface area contributed by atoms with Gasteiger partial charge >= 0.3 is 0 Å². The monoisotopic (exact) mass is 217 g/mol. The molecule has 1 aromatic carbocycles. The molecule has 1 aliphatic rings. The minimum atomic E-state index is 0.731. The fourth-order valence-electron chi connectivity index (χ4n) is 2.88. The summed E-state index contributed by atoms with van der Waals surface area (Å²) in [6.07, 6.45) is 6.70. The summed E-state index contributed by atoms with van der Waals surface area (Å²) in [5, 5.41) is 0. The fraction of sp³-hybridized carbons (Fsp3) is 0.600. The highest BCUT2D eigenvalue weighted by Gasteiger charge is 2.22. The first kappa shape index (κ1) is 11.7. The summed E-state index contributed by atoms with van der Waals surface area (Å²) in [6, 6.07) is 9.09. The summed E-state index contributed by atoms with van der Waals surface area (Å²) in [4.78, 5) is 0. The Morgan fingerprint density at radius 1 is 1.19 bits per heavy atom. The minimum Gasteiger partial charge on any atom is -0.330 e. The van der Waals surface area contributed by atoms with Gasteiger partial charge in [-0.15, -0.1) is 0 Å². The van der Waals surface area contributed by atoms with Gasteiger partial charge in [-0.1, -0.05) is 44.0 Å². The molecule has 2 N–H and O–H groups in total. The van der Waals surface area contributed by atoms with E-state index >= 15 is 0 Å². The summed E-state index contributed by atoms with van der Waals surface area (Å²) < 4.78 is 0. The molecule has 0 saturated heterocycles. The standard InChI is InChI=1S/C15H23N/c1-12(14-4-2-3-5-14)15-8-6-13(7-9-15)10-11-16/h6-9,12,14H,2-5,10-11,16H2,1H3. The second-order valence-electron chi connectivity index (χ2n) is 5.11. The molecule has 1 atom stereocenters. The highest BCUT2D eigenvalue weighted by Crippen LogP contribution is 2.36. The van der Waals surface area contributed by atoms with E-state index in [4.69, 9.17) is 5.73 Å². The Kier molecular flexibility index (Phi) is 4.00. The highest BCUT2D eigenvalue weighted by molar-refractivity contribution is 5.25. The van der Waals surface area contributed by atoms with Crippen molar-refractivity contribution in [2.45, 2.75) is 44.9 Å². The van der Waals surface area contributed by atoms with Crippen molar-refractivity contribution in [1.82, 2.24) is 0 Å². The molecule has 1 fully saturated rings. The molecular formula is C15H23N. The third-order valence-corrected chi connectivity index (χ3v) is 4.05. The van der Waals surface area contributed by atoms with Crippen LogP contribution in [0, 0.1) is 5.92 Å². The molecule has 0 aromatic heterocycles. The Bertz CT molecular complexity index is 309. The molecule has 88 valence electrons. The van der Waals surface area contributed by atoms with Gasteiger partial charge in [-0.2, -0.15) is 0 Å².